The molecule has 1 heterocycles. The smallest absolute Gasteiger partial charge is 0.255 e. The maximum atomic E-state index is 12.0. The zero-order valence-corrected chi connectivity index (χ0v) is 11.3. The number of halogens is 1. The molecule has 0 aromatic heterocycles. The lowest BCUT2D eigenvalue weighted by Gasteiger charge is -2.09. The summed E-state index contributed by atoms with van der Waals surface area (Å²) in [6.45, 7) is 1.99. The Bertz CT molecular complexity index is 468. The van der Waals surface area contributed by atoms with Crippen LogP contribution in [0.1, 0.15) is 10.4 Å². The van der Waals surface area contributed by atoms with Gasteiger partial charge in [0.05, 0.1) is 5.56 Å². The van der Waals surface area contributed by atoms with Crippen LogP contribution in [0.5, 0.6) is 5.75 Å². The molecule has 90 valence electrons. The fourth-order valence-corrected chi connectivity index (χ4v) is 3.04. The van der Waals surface area contributed by atoms with Crippen LogP contribution >= 0.6 is 22.6 Å². The molecule has 2 aliphatic rings. The zero-order chi connectivity index (χ0) is 12.0. The first-order chi connectivity index (χ1) is 8.16. The number of hydrogen-bond acceptors (Lipinski definition) is 3. The van der Waals surface area contributed by atoms with E-state index in [0.717, 1.165) is 16.7 Å². The molecule has 2 fully saturated rings. The van der Waals surface area contributed by atoms with Gasteiger partial charge in [-0.1, -0.05) is 0 Å². The third-order valence-corrected chi connectivity index (χ3v) is 4.26. The van der Waals surface area contributed by atoms with Gasteiger partial charge in [0, 0.05) is 22.7 Å². The minimum absolute atomic E-state index is 0.0480. The number of aromatic hydroxyl groups is 1. The molecule has 4 nitrogen and oxygen atoms in total. The highest BCUT2D eigenvalue weighted by Crippen LogP contribution is 2.41. The number of carbonyl (C=O) groups is 1. The second kappa shape index (κ2) is 4.13. The van der Waals surface area contributed by atoms with Gasteiger partial charge in [-0.25, -0.2) is 0 Å². The number of fused-ring (bicyclic) bond motifs is 1. The molecule has 1 saturated heterocycles. The average Bonchev–Trinajstić information content (AvgIpc) is 2.76. The number of nitrogens with one attached hydrogen (secondary N) is 2. The Morgan fingerprint density at radius 1 is 1.41 bits per heavy atom. The van der Waals surface area contributed by atoms with E-state index in [2.05, 4.69) is 33.2 Å². The third kappa shape index (κ3) is 2.01. The largest absolute Gasteiger partial charge is 0.507 e. The molecule has 17 heavy (non-hydrogen) atoms. The van der Waals surface area contributed by atoms with Gasteiger partial charge in [0.1, 0.15) is 5.75 Å². The van der Waals surface area contributed by atoms with E-state index in [1.807, 2.05) is 0 Å². The number of phenols is 1. The summed E-state index contributed by atoms with van der Waals surface area (Å²) in [4.78, 5) is 12.0. The van der Waals surface area contributed by atoms with Crippen LogP contribution in [0.15, 0.2) is 18.2 Å². The Morgan fingerprint density at radius 2 is 2.12 bits per heavy atom. The number of amides is 1. The SMILES string of the molecule is O=C(NC1C2CNCC21)c1cc(I)ccc1O. The van der Waals surface area contributed by atoms with Crippen molar-refractivity contribution >= 4 is 28.5 Å². The summed E-state index contributed by atoms with van der Waals surface area (Å²) in [5, 5.41) is 15.9. The Morgan fingerprint density at radius 3 is 2.82 bits per heavy atom. The molecule has 3 N–H and O–H groups in total. The summed E-state index contributed by atoms with van der Waals surface area (Å²) in [6.07, 6.45) is 0. The van der Waals surface area contributed by atoms with E-state index in [1.54, 1.807) is 18.2 Å². The van der Waals surface area contributed by atoms with Crippen molar-refractivity contribution in [1.29, 1.82) is 0 Å². The molecule has 0 spiro atoms. The van der Waals surface area contributed by atoms with Crippen LogP contribution < -0.4 is 10.6 Å². The third-order valence-electron chi connectivity index (χ3n) is 3.59. The van der Waals surface area contributed by atoms with Crippen molar-refractivity contribution in [2.75, 3.05) is 13.1 Å². The fourth-order valence-electron chi connectivity index (χ4n) is 2.55. The van der Waals surface area contributed by atoms with Crippen LogP contribution in [0.25, 0.3) is 0 Å². The molecule has 1 aliphatic heterocycles. The molecule has 3 rings (SSSR count). The highest BCUT2D eigenvalue weighted by atomic mass is 127. The van der Waals surface area contributed by atoms with Crippen LogP contribution in [0.2, 0.25) is 0 Å². The summed E-state index contributed by atoms with van der Waals surface area (Å²) in [5.74, 6) is 1.06. The van der Waals surface area contributed by atoms with Crippen LogP contribution in [0.4, 0.5) is 0 Å². The fraction of sp³-hybridized carbons (Fsp3) is 0.417. The molecule has 1 aromatic carbocycles. The summed E-state index contributed by atoms with van der Waals surface area (Å²) in [5.41, 5.74) is 0.370. The van der Waals surface area contributed by atoms with Crippen molar-refractivity contribution in [3.05, 3.63) is 27.3 Å². The maximum absolute atomic E-state index is 12.0. The standard InChI is InChI=1S/C12H13IN2O2/c13-6-1-2-10(16)7(3-6)12(17)15-11-8-4-14-5-9(8)11/h1-3,8-9,11,14,16H,4-5H2,(H,15,17). The van der Waals surface area contributed by atoms with Crippen molar-refractivity contribution in [1.82, 2.24) is 10.6 Å². The van der Waals surface area contributed by atoms with Crippen molar-refractivity contribution in [2.45, 2.75) is 6.04 Å². The van der Waals surface area contributed by atoms with E-state index >= 15 is 0 Å². The van der Waals surface area contributed by atoms with E-state index in [4.69, 9.17) is 0 Å². The second-order valence-corrected chi connectivity index (χ2v) is 5.89. The summed E-state index contributed by atoms with van der Waals surface area (Å²) < 4.78 is 0.947. The Balaban J connectivity index is 1.72. The number of phenolic OH excluding ortho intramolecular Hbond substituents is 1. The minimum atomic E-state index is -0.166. The van der Waals surface area contributed by atoms with Crippen molar-refractivity contribution in [2.24, 2.45) is 11.8 Å². The highest BCUT2D eigenvalue weighted by molar-refractivity contribution is 14.1. The molecule has 0 bridgehead atoms. The van der Waals surface area contributed by atoms with Gasteiger partial charge < -0.3 is 15.7 Å². The van der Waals surface area contributed by atoms with E-state index in [9.17, 15) is 9.90 Å². The number of rotatable bonds is 2. The van der Waals surface area contributed by atoms with Crippen molar-refractivity contribution in [3.63, 3.8) is 0 Å². The zero-order valence-electron chi connectivity index (χ0n) is 9.11. The molecule has 1 amide bonds. The predicted octanol–water partition coefficient (Wildman–Crippen LogP) is 0.944. The molecule has 1 saturated carbocycles. The Labute approximate surface area is 113 Å². The second-order valence-electron chi connectivity index (χ2n) is 4.65. The average molecular weight is 344 g/mol. The summed E-state index contributed by atoms with van der Waals surface area (Å²) >= 11 is 2.13. The monoisotopic (exact) mass is 344 g/mol. The molecule has 5 heteroatoms. The summed E-state index contributed by atoms with van der Waals surface area (Å²) in [6, 6.07) is 5.34. The number of hydrogen-bond donors (Lipinski definition) is 3. The number of piperidine rings is 1. The molecule has 2 atom stereocenters. The van der Waals surface area contributed by atoms with Crippen LogP contribution in [0, 0.1) is 15.4 Å². The van der Waals surface area contributed by atoms with Gasteiger partial charge in [-0.05, 0) is 52.6 Å². The van der Waals surface area contributed by atoms with Gasteiger partial charge in [0.25, 0.3) is 5.91 Å². The Kier molecular flexibility index (Phi) is 2.74. The van der Waals surface area contributed by atoms with Gasteiger partial charge in [0.15, 0.2) is 0 Å². The number of benzene rings is 1. The van der Waals surface area contributed by atoms with Crippen molar-refractivity contribution in [3.8, 4) is 5.75 Å². The van der Waals surface area contributed by atoms with Crippen molar-refractivity contribution < 1.29 is 9.90 Å². The summed E-state index contributed by atoms with van der Waals surface area (Å²) in [7, 11) is 0. The first kappa shape index (κ1) is 11.3. The topological polar surface area (TPSA) is 61.4 Å². The predicted molar refractivity (Wildman–Crippen MR) is 71.9 cm³/mol. The molecular formula is C12H13IN2O2. The highest BCUT2D eigenvalue weighted by Gasteiger charge is 2.53. The van der Waals surface area contributed by atoms with Crippen LogP contribution in [-0.4, -0.2) is 30.1 Å². The normalized spacial score (nSPS) is 29.8. The lowest BCUT2D eigenvalue weighted by molar-refractivity contribution is 0.0944. The molecule has 1 aliphatic carbocycles. The lowest BCUT2D eigenvalue weighted by atomic mass is 10.2. The molecule has 2 unspecified atom stereocenters. The lowest BCUT2D eigenvalue weighted by Crippen LogP contribution is -2.32. The van der Waals surface area contributed by atoms with Crippen LogP contribution in [0.3, 0.4) is 0 Å². The van der Waals surface area contributed by atoms with Gasteiger partial charge in [-0.3, -0.25) is 4.79 Å². The first-order valence-corrected chi connectivity index (χ1v) is 6.75. The molecular weight excluding hydrogens is 331 g/mol. The van der Waals surface area contributed by atoms with E-state index in [0.29, 0.717) is 23.4 Å². The van der Waals surface area contributed by atoms with Gasteiger partial charge in [0.2, 0.25) is 0 Å². The van der Waals surface area contributed by atoms with E-state index < -0.39 is 0 Å². The van der Waals surface area contributed by atoms with Crippen LogP contribution in [-0.2, 0) is 0 Å². The van der Waals surface area contributed by atoms with E-state index in [-0.39, 0.29) is 11.7 Å². The molecule has 1 aromatic rings. The van der Waals surface area contributed by atoms with Gasteiger partial charge >= 0.3 is 0 Å². The Hall–Kier alpha value is -0.820. The van der Waals surface area contributed by atoms with E-state index in [1.165, 1.54) is 0 Å². The minimum Gasteiger partial charge on any atom is -0.507 e. The first-order valence-electron chi connectivity index (χ1n) is 5.67. The molecule has 0 radical (unpaired) electrons. The maximum Gasteiger partial charge on any atom is 0.255 e. The number of carbonyl (C=O) groups excluding carboxylic acids is 1. The quantitative estimate of drug-likeness (QED) is 0.700. The van der Waals surface area contributed by atoms with Gasteiger partial charge in [-0.15, -0.1) is 0 Å². The van der Waals surface area contributed by atoms with Gasteiger partial charge in [-0.2, -0.15) is 0 Å².